The van der Waals surface area contributed by atoms with Crippen LogP contribution in [-0.2, 0) is 6.42 Å². The van der Waals surface area contributed by atoms with E-state index in [2.05, 4.69) is 26.2 Å². The van der Waals surface area contributed by atoms with Gasteiger partial charge >= 0.3 is 0 Å². The summed E-state index contributed by atoms with van der Waals surface area (Å²) in [5.41, 5.74) is 0.976. The molecule has 0 aliphatic carbocycles. The normalized spacial score (nSPS) is 10.8. The van der Waals surface area contributed by atoms with Gasteiger partial charge in [0.1, 0.15) is 11.6 Å². The van der Waals surface area contributed by atoms with Crippen LogP contribution in [0.15, 0.2) is 59.2 Å². The maximum atomic E-state index is 13.1. The highest BCUT2D eigenvalue weighted by molar-refractivity contribution is 9.10. The highest BCUT2D eigenvalue weighted by Gasteiger charge is 2.04. The standard InChI is InChI=1S/C17H14BrFN2/c18-16-6-2-5-15-14(16)8-10-21-17(15)20-9-7-12-3-1-4-13(19)11-12/h1-6,8,10-11H,7,9H2,(H,20,21). The summed E-state index contributed by atoms with van der Waals surface area (Å²) in [4.78, 5) is 4.39. The van der Waals surface area contributed by atoms with E-state index in [0.717, 1.165) is 33.0 Å². The molecule has 4 heteroatoms. The summed E-state index contributed by atoms with van der Waals surface area (Å²) in [6.07, 6.45) is 2.54. The number of nitrogens with zero attached hydrogens (tertiary/aromatic N) is 1. The van der Waals surface area contributed by atoms with E-state index in [-0.39, 0.29) is 5.82 Å². The molecule has 1 heterocycles. The summed E-state index contributed by atoms with van der Waals surface area (Å²) in [7, 11) is 0. The van der Waals surface area contributed by atoms with Crippen LogP contribution in [0.2, 0.25) is 0 Å². The zero-order chi connectivity index (χ0) is 14.7. The average Bonchev–Trinajstić information content (AvgIpc) is 2.48. The molecule has 0 amide bonds. The molecule has 2 aromatic carbocycles. The molecule has 0 aliphatic heterocycles. The van der Waals surface area contributed by atoms with E-state index in [1.807, 2.05) is 30.3 Å². The second kappa shape index (κ2) is 6.22. The SMILES string of the molecule is Fc1cccc(CCNc2nccc3c(Br)cccc23)c1. The van der Waals surface area contributed by atoms with Gasteiger partial charge in [-0.1, -0.05) is 40.2 Å². The topological polar surface area (TPSA) is 24.9 Å². The zero-order valence-electron chi connectivity index (χ0n) is 11.3. The van der Waals surface area contributed by atoms with Crippen LogP contribution in [0.1, 0.15) is 5.56 Å². The molecular weight excluding hydrogens is 331 g/mol. The molecule has 0 atom stereocenters. The van der Waals surface area contributed by atoms with Crippen molar-refractivity contribution >= 4 is 32.5 Å². The predicted molar refractivity (Wildman–Crippen MR) is 88.0 cm³/mol. The quantitative estimate of drug-likeness (QED) is 0.735. The number of hydrogen-bond acceptors (Lipinski definition) is 2. The van der Waals surface area contributed by atoms with Crippen LogP contribution < -0.4 is 5.32 Å². The third kappa shape index (κ3) is 3.22. The summed E-state index contributed by atoms with van der Waals surface area (Å²) in [6.45, 7) is 0.710. The highest BCUT2D eigenvalue weighted by atomic mass is 79.9. The van der Waals surface area contributed by atoms with Gasteiger partial charge in [0.05, 0.1) is 0 Å². The smallest absolute Gasteiger partial charge is 0.133 e. The Balaban J connectivity index is 1.75. The van der Waals surface area contributed by atoms with Crippen LogP contribution >= 0.6 is 15.9 Å². The number of benzene rings is 2. The van der Waals surface area contributed by atoms with Gasteiger partial charge in [0.25, 0.3) is 0 Å². The maximum Gasteiger partial charge on any atom is 0.133 e. The van der Waals surface area contributed by atoms with Gasteiger partial charge in [0, 0.05) is 28.0 Å². The van der Waals surface area contributed by atoms with Crippen molar-refractivity contribution in [1.82, 2.24) is 4.98 Å². The van der Waals surface area contributed by atoms with Gasteiger partial charge in [-0.3, -0.25) is 0 Å². The maximum absolute atomic E-state index is 13.1. The molecule has 0 unspecified atom stereocenters. The lowest BCUT2D eigenvalue weighted by molar-refractivity contribution is 0.625. The Kier molecular flexibility index (Phi) is 4.15. The van der Waals surface area contributed by atoms with Gasteiger partial charge in [-0.05, 0) is 36.2 Å². The average molecular weight is 345 g/mol. The van der Waals surface area contributed by atoms with E-state index < -0.39 is 0 Å². The minimum Gasteiger partial charge on any atom is -0.369 e. The second-order valence-corrected chi connectivity index (χ2v) is 5.66. The number of rotatable bonds is 4. The van der Waals surface area contributed by atoms with Gasteiger partial charge in [0.2, 0.25) is 0 Å². The lowest BCUT2D eigenvalue weighted by Gasteiger charge is -2.09. The molecule has 0 fully saturated rings. The molecule has 0 saturated heterocycles. The third-order valence-corrected chi connectivity index (χ3v) is 4.04. The fourth-order valence-electron chi connectivity index (χ4n) is 2.33. The molecule has 0 bridgehead atoms. The minimum absolute atomic E-state index is 0.195. The number of aromatic nitrogens is 1. The molecule has 21 heavy (non-hydrogen) atoms. The van der Waals surface area contributed by atoms with E-state index in [1.165, 1.54) is 6.07 Å². The summed E-state index contributed by atoms with van der Waals surface area (Å²) in [5, 5.41) is 5.53. The Morgan fingerprint density at radius 3 is 2.76 bits per heavy atom. The Labute approximate surface area is 131 Å². The predicted octanol–water partition coefficient (Wildman–Crippen LogP) is 4.79. The van der Waals surface area contributed by atoms with Crippen LogP contribution in [0.25, 0.3) is 10.8 Å². The number of fused-ring (bicyclic) bond motifs is 1. The molecule has 0 saturated carbocycles. The van der Waals surface area contributed by atoms with E-state index >= 15 is 0 Å². The van der Waals surface area contributed by atoms with E-state index in [1.54, 1.807) is 18.3 Å². The summed E-state index contributed by atoms with van der Waals surface area (Å²) in [5.74, 6) is 0.657. The molecule has 0 spiro atoms. The van der Waals surface area contributed by atoms with Crippen molar-refractivity contribution in [3.8, 4) is 0 Å². The van der Waals surface area contributed by atoms with Crippen molar-refractivity contribution in [2.45, 2.75) is 6.42 Å². The van der Waals surface area contributed by atoms with Gasteiger partial charge in [-0.2, -0.15) is 0 Å². The van der Waals surface area contributed by atoms with Crippen molar-refractivity contribution < 1.29 is 4.39 Å². The Morgan fingerprint density at radius 1 is 1.05 bits per heavy atom. The molecule has 0 aliphatic rings. The number of halogens is 2. The van der Waals surface area contributed by atoms with Gasteiger partial charge in [-0.15, -0.1) is 0 Å². The van der Waals surface area contributed by atoms with E-state index in [9.17, 15) is 4.39 Å². The first-order valence-electron chi connectivity index (χ1n) is 6.75. The van der Waals surface area contributed by atoms with Gasteiger partial charge < -0.3 is 5.32 Å². The summed E-state index contributed by atoms with van der Waals surface area (Å²) < 4.78 is 14.2. The molecular formula is C17H14BrFN2. The number of pyridine rings is 1. The van der Waals surface area contributed by atoms with Gasteiger partial charge in [0.15, 0.2) is 0 Å². The van der Waals surface area contributed by atoms with Crippen molar-refractivity contribution in [3.05, 3.63) is 70.6 Å². The third-order valence-electron chi connectivity index (χ3n) is 3.35. The van der Waals surface area contributed by atoms with Crippen molar-refractivity contribution in [2.24, 2.45) is 0 Å². The van der Waals surface area contributed by atoms with Crippen molar-refractivity contribution in [3.63, 3.8) is 0 Å². The first kappa shape index (κ1) is 14.0. The minimum atomic E-state index is -0.195. The monoisotopic (exact) mass is 344 g/mol. The van der Waals surface area contributed by atoms with Crippen molar-refractivity contribution in [2.75, 3.05) is 11.9 Å². The van der Waals surface area contributed by atoms with Crippen LogP contribution in [0.4, 0.5) is 10.2 Å². The van der Waals surface area contributed by atoms with Crippen molar-refractivity contribution in [1.29, 1.82) is 0 Å². The van der Waals surface area contributed by atoms with E-state index in [0.29, 0.717) is 6.54 Å². The van der Waals surface area contributed by atoms with Gasteiger partial charge in [-0.25, -0.2) is 9.37 Å². The lowest BCUT2D eigenvalue weighted by Crippen LogP contribution is -2.06. The van der Waals surface area contributed by atoms with Crippen LogP contribution in [0, 0.1) is 5.82 Å². The van der Waals surface area contributed by atoms with Crippen LogP contribution in [0.5, 0.6) is 0 Å². The van der Waals surface area contributed by atoms with Crippen LogP contribution in [0.3, 0.4) is 0 Å². The summed E-state index contributed by atoms with van der Waals surface area (Å²) >= 11 is 3.55. The Hall–Kier alpha value is -1.94. The number of anilines is 1. The number of nitrogens with one attached hydrogen (secondary N) is 1. The first-order chi connectivity index (χ1) is 10.2. The Bertz CT molecular complexity index is 774. The molecule has 106 valence electrons. The molecule has 0 radical (unpaired) electrons. The number of hydrogen-bond donors (Lipinski definition) is 1. The summed E-state index contributed by atoms with van der Waals surface area (Å²) in [6, 6.07) is 14.7. The molecule has 2 nitrogen and oxygen atoms in total. The fraction of sp³-hybridized carbons (Fsp3) is 0.118. The fourth-order valence-corrected chi connectivity index (χ4v) is 2.83. The lowest BCUT2D eigenvalue weighted by atomic mass is 10.1. The molecule has 1 aromatic heterocycles. The molecule has 3 rings (SSSR count). The largest absolute Gasteiger partial charge is 0.369 e. The molecule has 3 aromatic rings. The Morgan fingerprint density at radius 2 is 1.90 bits per heavy atom. The first-order valence-corrected chi connectivity index (χ1v) is 7.55. The van der Waals surface area contributed by atoms with Crippen LogP contribution in [-0.4, -0.2) is 11.5 Å². The molecule has 1 N–H and O–H groups in total. The highest BCUT2D eigenvalue weighted by Crippen LogP contribution is 2.27. The second-order valence-electron chi connectivity index (χ2n) is 4.80. The zero-order valence-corrected chi connectivity index (χ0v) is 12.9. The van der Waals surface area contributed by atoms with E-state index in [4.69, 9.17) is 0 Å².